The Kier molecular flexibility index (Phi) is 19.3. The monoisotopic (exact) mass is 322 g/mol. The molecular weight excluding hydrogens is 313 g/mol. The number of hydrogen-bond acceptors (Lipinski definition) is 0. The van der Waals surface area contributed by atoms with Crippen LogP contribution in [-0.4, -0.2) is 0 Å². The van der Waals surface area contributed by atoms with Gasteiger partial charge in [0.05, 0.1) is 0 Å². The van der Waals surface area contributed by atoms with E-state index in [9.17, 15) is 13.2 Å². The zero-order chi connectivity index (χ0) is 15.1. The van der Waals surface area contributed by atoms with Crippen LogP contribution >= 0.6 is 0 Å². The number of rotatable bonds is 0. The van der Waals surface area contributed by atoms with Gasteiger partial charge in [-0.15, -0.1) is 0 Å². The van der Waals surface area contributed by atoms with Crippen molar-refractivity contribution in [3.63, 3.8) is 0 Å². The number of alkyl halides is 3. The largest absolute Gasteiger partial charge is 2.00 e. The summed E-state index contributed by atoms with van der Waals surface area (Å²) in [5.74, 6) is 0. The van der Waals surface area contributed by atoms with Gasteiger partial charge in [0, 0.05) is 0 Å². The number of benzene rings is 1. The minimum atomic E-state index is -4.24. The molecule has 105 valence electrons. The molecule has 5 radical (unpaired) electrons. The molecule has 0 amide bonds. The molecule has 1 aliphatic carbocycles. The molecule has 1 aromatic rings. The smallest absolute Gasteiger partial charge is 0.0312 e. The second-order valence-electron chi connectivity index (χ2n) is 2.75. The van der Waals surface area contributed by atoms with E-state index in [0.29, 0.717) is 0 Å². The van der Waals surface area contributed by atoms with Crippen LogP contribution in [0.1, 0.15) is 5.56 Å². The summed E-state index contributed by atoms with van der Waals surface area (Å²) < 4.78 is 50.3. The third-order valence-electron chi connectivity index (χ3n) is 1.59. The van der Waals surface area contributed by atoms with Crippen LogP contribution in [0.15, 0.2) is 24.3 Å². The summed E-state index contributed by atoms with van der Waals surface area (Å²) in [5, 5.41) is 0. The summed E-state index contributed by atoms with van der Waals surface area (Å²) in [6.45, 7) is 9.00. The first-order valence-electron chi connectivity index (χ1n) is 4.71. The van der Waals surface area contributed by atoms with E-state index in [2.05, 4.69) is 19.4 Å². The Labute approximate surface area is 127 Å². The molecule has 1 saturated carbocycles. The van der Waals surface area contributed by atoms with Crippen LogP contribution in [0.5, 0.6) is 0 Å². The first-order valence-corrected chi connectivity index (χ1v) is 4.71. The summed E-state index contributed by atoms with van der Waals surface area (Å²) in [4.78, 5) is 0. The van der Waals surface area contributed by atoms with Gasteiger partial charge in [-0.2, -0.15) is 43.5 Å². The third-order valence-corrected chi connectivity index (χ3v) is 1.59. The van der Waals surface area contributed by atoms with E-state index in [0.717, 1.165) is 12.1 Å². The fourth-order valence-electron chi connectivity index (χ4n) is 0.890. The molecule has 6 heteroatoms. The van der Waals surface area contributed by atoms with Crippen LogP contribution in [-0.2, 0) is 32.5 Å². The third kappa shape index (κ3) is 13.4. The fourth-order valence-corrected chi connectivity index (χ4v) is 0.890. The second kappa shape index (κ2) is 16.1. The average molecular weight is 322 g/mol. The topological polar surface area (TPSA) is 39.8 Å². The van der Waals surface area contributed by atoms with Gasteiger partial charge in [0.1, 0.15) is 0 Å². The minimum Gasteiger partial charge on any atom is -0.0312 e. The van der Waals surface area contributed by atoms with Crippen molar-refractivity contribution in [3.8, 4) is 0 Å². The van der Waals surface area contributed by atoms with Gasteiger partial charge in [0.25, 0.3) is 0 Å². The maximum atomic E-state index is 11.8. The summed E-state index contributed by atoms with van der Waals surface area (Å²) in [5.41, 5.74) is -0.657. The van der Waals surface area contributed by atoms with Crippen LogP contribution in [0.4, 0.5) is 13.2 Å². The van der Waals surface area contributed by atoms with Crippen molar-refractivity contribution in [1.82, 2.24) is 0 Å². The van der Waals surface area contributed by atoms with E-state index < -0.39 is 11.7 Å². The molecule has 0 unspecified atom stereocenters. The van der Waals surface area contributed by atoms with Crippen LogP contribution in [0.25, 0.3) is 0 Å². The molecule has 0 bridgehead atoms. The molecule has 20 heavy (non-hydrogen) atoms. The van der Waals surface area contributed by atoms with E-state index in [-0.39, 0.29) is 17.1 Å². The molecule has 0 aliphatic heterocycles. The number of halogens is 3. The van der Waals surface area contributed by atoms with Crippen LogP contribution in [0, 0.1) is 51.5 Å². The first kappa shape index (κ1) is 24.1. The standard InChI is InChI=1S/C7H4F3.C5H5.2CO.Fe/c8-7(9,10)6-4-2-1-3-5-6;1-2-4-5-3-1;2*1-2;/h1-2,4-5H;1-5H;;;/q-1;;;;+2. The molecule has 0 spiro atoms. The van der Waals surface area contributed by atoms with Crippen LogP contribution < -0.4 is 0 Å². The quantitative estimate of drug-likeness (QED) is 0.399. The molecule has 1 aromatic carbocycles. The van der Waals surface area contributed by atoms with Crippen molar-refractivity contribution >= 4 is 0 Å². The van der Waals surface area contributed by atoms with Crippen LogP contribution in [0.3, 0.4) is 0 Å². The van der Waals surface area contributed by atoms with Gasteiger partial charge in [-0.1, -0.05) is 5.56 Å². The molecule has 0 atom stereocenters. The van der Waals surface area contributed by atoms with E-state index >= 15 is 0 Å². The van der Waals surface area contributed by atoms with Crippen molar-refractivity contribution in [2.45, 2.75) is 6.18 Å². The Balaban J connectivity index is -0.000000246. The predicted molar refractivity (Wildman–Crippen MR) is 59.6 cm³/mol. The zero-order valence-corrected chi connectivity index (χ0v) is 11.1. The van der Waals surface area contributed by atoms with E-state index in [1.165, 1.54) is 12.1 Å². The van der Waals surface area contributed by atoms with Crippen molar-refractivity contribution in [2.75, 3.05) is 0 Å². The first-order chi connectivity index (χ1) is 9.11. The van der Waals surface area contributed by atoms with Gasteiger partial charge < -0.3 is 0 Å². The molecule has 0 saturated heterocycles. The molecule has 1 fully saturated rings. The Hall–Kier alpha value is -0.991. The van der Waals surface area contributed by atoms with Gasteiger partial charge in [-0.3, -0.25) is 0 Å². The van der Waals surface area contributed by atoms with E-state index in [1.54, 1.807) is 0 Å². The van der Waals surface area contributed by atoms with Gasteiger partial charge in [0.2, 0.25) is 0 Å². The zero-order valence-electron chi connectivity index (χ0n) is 10.0. The fraction of sp³-hybridized carbons (Fsp3) is 0.0714. The van der Waals surface area contributed by atoms with Crippen LogP contribution in [0.2, 0.25) is 0 Å². The van der Waals surface area contributed by atoms with Crippen molar-refractivity contribution in [1.29, 1.82) is 0 Å². The summed E-state index contributed by atoms with van der Waals surface area (Å²) in [6.07, 6.45) is 5.76. The van der Waals surface area contributed by atoms with E-state index in [1.807, 2.05) is 32.1 Å². The normalized spacial score (nSPS) is 11.9. The molecule has 0 aromatic heterocycles. The van der Waals surface area contributed by atoms with Gasteiger partial charge in [0.15, 0.2) is 0 Å². The SMILES string of the molecule is FC(F)(F)c1c[c-]ccc1.[C-]#[O+].[C-]#[O+].[CH]1[CH][CH][CH][CH]1.[Fe+2]. The molecule has 0 N–H and O–H groups in total. The van der Waals surface area contributed by atoms with Crippen molar-refractivity contribution in [2.24, 2.45) is 0 Å². The minimum absolute atomic E-state index is 0. The summed E-state index contributed by atoms with van der Waals surface area (Å²) >= 11 is 0. The van der Waals surface area contributed by atoms with Gasteiger partial charge in [-0.05, 0) is 32.1 Å². The van der Waals surface area contributed by atoms with Gasteiger partial charge in [-0.25, -0.2) is 0 Å². The molecule has 0 heterocycles. The molecule has 1 aliphatic rings. The summed E-state index contributed by atoms with van der Waals surface area (Å²) in [7, 11) is 0. The predicted octanol–water partition coefficient (Wildman–Crippen LogP) is 3.45. The Morgan fingerprint density at radius 3 is 1.50 bits per heavy atom. The maximum Gasteiger partial charge on any atom is 2.00 e. The maximum absolute atomic E-state index is 11.8. The molecule has 2 nitrogen and oxygen atoms in total. The average Bonchev–Trinajstić information content (AvgIpc) is 3.03. The van der Waals surface area contributed by atoms with Crippen molar-refractivity contribution < 1.29 is 39.5 Å². The van der Waals surface area contributed by atoms with Crippen molar-refractivity contribution in [3.05, 3.63) is 81.3 Å². The Morgan fingerprint density at radius 2 is 1.30 bits per heavy atom. The van der Waals surface area contributed by atoms with E-state index in [4.69, 9.17) is 9.30 Å². The molecular formula is C14H9F3FeO2+. The van der Waals surface area contributed by atoms with Gasteiger partial charge >= 0.3 is 45.9 Å². The molecule has 2 rings (SSSR count). The second-order valence-corrected chi connectivity index (χ2v) is 2.75. The number of hydrogen-bond donors (Lipinski definition) is 0. The summed E-state index contributed by atoms with van der Waals surface area (Å²) in [6, 6.07) is 7.01. The Bertz CT molecular complexity index is 330. The Morgan fingerprint density at radius 1 is 0.900 bits per heavy atom.